The van der Waals surface area contributed by atoms with E-state index in [1.165, 1.54) is 25.0 Å². The monoisotopic (exact) mass is 604 g/mol. The maximum absolute atomic E-state index is 13.5. The SMILES string of the molecule is NC(N)=NCCCC(N)C(=O)NC(CCCN=C(N)N)C(=O)NC(Cc1cnc[nH]1)C(=O)NC(Cc1cnc[nH]1)C(=O)O. The van der Waals surface area contributed by atoms with Crippen LogP contribution in [0.15, 0.2) is 35.0 Å². The van der Waals surface area contributed by atoms with Gasteiger partial charge in [-0.3, -0.25) is 24.4 Å². The highest BCUT2D eigenvalue weighted by atomic mass is 16.4. The molecule has 2 aromatic rings. The van der Waals surface area contributed by atoms with E-state index in [9.17, 15) is 24.3 Å². The third-order valence-electron chi connectivity index (χ3n) is 6.09. The lowest BCUT2D eigenvalue weighted by Gasteiger charge is -2.25. The molecule has 2 rings (SSSR count). The maximum Gasteiger partial charge on any atom is 0.326 e. The van der Waals surface area contributed by atoms with Crippen molar-refractivity contribution in [1.29, 1.82) is 0 Å². The van der Waals surface area contributed by atoms with Gasteiger partial charge < -0.3 is 59.7 Å². The third-order valence-corrected chi connectivity index (χ3v) is 6.09. The molecule has 43 heavy (non-hydrogen) atoms. The van der Waals surface area contributed by atoms with Crippen LogP contribution >= 0.6 is 0 Å². The summed E-state index contributed by atoms with van der Waals surface area (Å²) in [5, 5.41) is 17.4. The van der Waals surface area contributed by atoms with Crippen LogP contribution in [0.25, 0.3) is 0 Å². The summed E-state index contributed by atoms with van der Waals surface area (Å²) < 4.78 is 0. The average molecular weight is 605 g/mol. The van der Waals surface area contributed by atoms with Crippen molar-refractivity contribution in [2.75, 3.05) is 13.1 Å². The zero-order chi connectivity index (χ0) is 31.8. The van der Waals surface area contributed by atoms with Gasteiger partial charge >= 0.3 is 5.97 Å². The molecule has 0 bridgehead atoms. The molecule has 2 aromatic heterocycles. The predicted octanol–water partition coefficient (Wildman–Crippen LogP) is -4.11. The summed E-state index contributed by atoms with van der Waals surface area (Å²) in [7, 11) is 0. The van der Waals surface area contributed by atoms with Crippen LogP contribution in [0.5, 0.6) is 0 Å². The molecule has 0 fully saturated rings. The summed E-state index contributed by atoms with van der Waals surface area (Å²) in [4.78, 5) is 72.6. The minimum atomic E-state index is -1.32. The van der Waals surface area contributed by atoms with Crippen molar-refractivity contribution in [3.63, 3.8) is 0 Å². The van der Waals surface area contributed by atoms with Gasteiger partial charge in [-0.15, -0.1) is 0 Å². The van der Waals surface area contributed by atoms with Crippen LogP contribution in [0.3, 0.4) is 0 Å². The van der Waals surface area contributed by atoms with E-state index in [-0.39, 0.29) is 50.7 Å². The first-order valence-corrected chi connectivity index (χ1v) is 13.4. The lowest BCUT2D eigenvalue weighted by molar-refractivity contribution is -0.142. The number of hydrogen-bond acceptors (Lipinski definition) is 9. The van der Waals surface area contributed by atoms with Crippen LogP contribution in [-0.2, 0) is 32.0 Å². The number of imidazole rings is 2. The molecule has 2 heterocycles. The van der Waals surface area contributed by atoms with Gasteiger partial charge in [-0.25, -0.2) is 14.8 Å². The van der Waals surface area contributed by atoms with Crippen molar-refractivity contribution in [2.24, 2.45) is 38.7 Å². The van der Waals surface area contributed by atoms with E-state index in [4.69, 9.17) is 28.7 Å². The Morgan fingerprint density at radius 2 is 1.21 bits per heavy atom. The molecule has 16 N–H and O–H groups in total. The minimum Gasteiger partial charge on any atom is -0.480 e. The van der Waals surface area contributed by atoms with Crippen molar-refractivity contribution in [1.82, 2.24) is 35.9 Å². The number of aromatic nitrogens is 4. The smallest absolute Gasteiger partial charge is 0.326 e. The Bertz CT molecular complexity index is 1220. The summed E-state index contributed by atoms with van der Waals surface area (Å²) in [5.74, 6) is -3.57. The maximum atomic E-state index is 13.5. The number of aliphatic imine (C=N–C) groups is 2. The Morgan fingerprint density at radius 3 is 1.70 bits per heavy atom. The standard InChI is InChI=1S/C24H40N14O5/c25-15(3-1-5-32-23(26)27)19(39)36-16(4-2-6-33-24(28)29)20(40)37-17(7-13-9-30-11-34-13)21(41)38-18(22(42)43)8-14-10-31-12-35-14/h9-12,15-18H,1-8,25H2,(H,30,34)(H,31,35)(H,36,39)(H,37,40)(H,38,41)(H,42,43)(H4,26,27,32)(H4,28,29,33). The summed E-state index contributed by atoms with van der Waals surface area (Å²) in [6, 6.07) is -4.64. The van der Waals surface area contributed by atoms with E-state index >= 15 is 0 Å². The Kier molecular flexibility index (Phi) is 13.9. The third kappa shape index (κ3) is 12.9. The number of carboxylic acid groups (broad SMARTS) is 1. The van der Waals surface area contributed by atoms with Crippen molar-refractivity contribution < 1.29 is 24.3 Å². The molecule has 0 aliphatic rings. The Morgan fingerprint density at radius 1 is 0.744 bits per heavy atom. The van der Waals surface area contributed by atoms with E-state index in [2.05, 4.69) is 45.9 Å². The van der Waals surface area contributed by atoms with E-state index in [0.29, 0.717) is 24.2 Å². The molecule has 19 heteroatoms. The van der Waals surface area contributed by atoms with Crippen LogP contribution in [-0.4, -0.2) is 97.9 Å². The first kappa shape index (κ1) is 34.0. The van der Waals surface area contributed by atoms with Gasteiger partial charge in [-0.05, 0) is 25.7 Å². The second kappa shape index (κ2) is 17.6. The van der Waals surface area contributed by atoms with Gasteiger partial charge in [0.15, 0.2) is 11.9 Å². The molecule has 0 aliphatic carbocycles. The fourth-order valence-corrected chi connectivity index (χ4v) is 3.89. The normalized spacial score (nSPS) is 13.5. The number of carbonyl (C=O) groups excluding carboxylic acids is 3. The second-order valence-corrected chi connectivity index (χ2v) is 9.59. The molecule has 0 aliphatic heterocycles. The molecule has 0 saturated heterocycles. The molecule has 0 saturated carbocycles. The van der Waals surface area contributed by atoms with Gasteiger partial charge in [-0.2, -0.15) is 0 Å². The molecule has 3 amide bonds. The van der Waals surface area contributed by atoms with Gasteiger partial charge in [0, 0.05) is 49.7 Å². The number of nitrogens with zero attached hydrogens (tertiary/aromatic N) is 4. The van der Waals surface area contributed by atoms with Gasteiger partial charge in [0.1, 0.15) is 18.1 Å². The first-order chi connectivity index (χ1) is 20.5. The first-order valence-electron chi connectivity index (χ1n) is 13.4. The van der Waals surface area contributed by atoms with Gasteiger partial charge in [0.25, 0.3) is 0 Å². The van der Waals surface area contributed by atoms with E-state index in [1.54, 1.807) is 0 Å². The molecule has 236 valence electrons. The molecule has 0 radical (unpaired) electrons. The molecular weight excluding hydrogens is 564 g/mol. The molecule has 0 spiro atoms. The van der Waals surface area contributed by atoms with Gasteiger partial charge in [0.05, 0.1) is 18.7 Å². The zero-order valence-corrected chi connectivity index (χ0v) is 23.5. The topological polar surface area (TPSA) is 337 Å². The van der Waals surface area contributed by atoms with Crippen LogP contribution in [0, 0.1) is 0 Å². The van der Waals surface area contributed by atoms with Crippen LogP contribution < -0.4 is 44.6 Å². The number of nitrogens with two attached hydrogens (primary N) is 5. The lowest BCUT2D eigenvalue weighted by Crippen LogP contribution is -2.57. The number of hydrogen-bond donors (Lipinski definition) is 11. The van der Waals surface area contributed by atoms with E-state index in [1.807, 2.05) is 0 Å². The number of rotatable bonds is 19. The van der Waals surface area contributed by atoms with E-state index in [0.717, 1.165) is 0 Å². The molecule has 4 unspecified atom stereocenters. The number of amides is 3. The summed E-state index contributed by atoms with van der Waals surface area (Å²) in [5.41, 5.74) is 28.3. The molecule has 19 nitrogen and oxygen atoms in total. The van der Waals surface area contributed by atoms with Gasteiger partial charge in [0.2, 0.25) is 17.7 Å². The number of aromatic amines is 2. The minimum absolute atomic E-state index is 0.0487. The largest absolute Gasteiger partial charge is 0.480 e. The van der Waals surface area contributed by atoms with Crippen molar-refractivity contribution >= 4 is 35.6 Å². The molecule has 0 aromatic carbocycles. The number of nitrogens with one attached hydrogen (secondary N) is 5. The summed E-state index contributed by atoms with van der Waals surface area (Å²) in [6.45, 7) is 0.451. The lowest BCUT2D eigenvalue weighted by atomic mass is 10.1. The molecule has 4 atom stereocenters. The van der Waals surface area contributed by atoms with Crippen LogP contribution in [0.4, 0.5) is 0 Å². The summed E-state index contributed by atoms with van der Waals surface area (Å²) in [6.07, 6.45) is 6.62. The van der Waals surface area contributed by atoms with Crippen molar-refractivity contribution in [2.45, 2.75) is 62.7 Å². The second-order valence-electron chi connectivity index (χ2n) is 9.59. The Balaban J connectivity index is 2.17. The highest BCUT2D eigenvalue weighted by molar-refractivity contribution is 5.94. The highest BCUT2D eigenvalue weighted by Gasteiger charge is 2.31. The van der Waals surface area contributed by atoms with Crippen LogP contribution in [0.1, 0.15) is 37.1 Å². The van der Waals surface area contributed by atoms with Crippen molar-refractivity contribution in [3.05, 3.63) is 36.4 Å². The number of carbonyl (C=O) groups is 4. The highest BCUT2D eigenvalue weighted by Crippen LogP contribution is 2.06. The van der Waals surface area contributed by atoms with E-state index < -0.39 is 47.9 Å². The Labute approximate surface area is 246 Å². The number of aliphatic carboxylic acids is 1. The number of carboxylic acids is 1. The predicted molar refractivity (Wildman–Crippen MR) is 156 cm³/mol. The zero-order valence-electron chi connectivity index (χ0n) is 23.5. The van der Waals surface area contributed by atoms with Gasteiger partial charge in [-0.1, -0.05) is 0 Å². The average Bonchev–Trinajstić information content (AvgIpc) is 3.66. The number of guanidine groups is 2. The summed E-state index contributed by atoms with van der Waals surface area (Å²) >= 11 is 0. The fourth-order valence-electron chi connectivity index (χ4n) is 3.89. The van der Waals surface area contributed by atoms with Crippen molar-refractivity contribution in [3.8, 4) is 0 Å². The molecular formula is C24H40N14O5. The Hall–Kier alpha value is -5.20. The quantitative estimate of drug-likeness (QED) is 0.0414. The fraction of sp³-hybridized carbons (Fsp3) is 0.500. The van der Waals surface area contributed by atoms with Crippen LogP contribution in [0.2, 0.25) is 0 Å². The number of H-pyrrole nitrogens is 2.